The standard InChI is InChI=1S/C10H13ClN4/c1-14(2)5-6-15-7-12-8-3-4-9(11)13-10(8)15/h3-4,7H,5-6H2,1-2H3. The Morgan fingerprint density at radius 3 is 2.93 bits per heavy atom. The van der Waals surface area contributed by atoms with Crippen molar-refractivity contribution in [2.45, 2.75) is 6.54 Å². The van der Waals surface area contributed by atoms with Crippen LogP contribution in [0.25, 0.3) is 11.2 Å². The fourth-order valence-corrected chi connectivity index (χ4v) is 1.53. The first kappa shape index (κ1) is 10.4. The highest BCUT2D eigenvalue weighted by Crippen LogP contribution is 2.13. The lowest BCUT2D eigenvalue weighted by molar-refractivity contribution is 0.386. The monoisotopic (exact) mass is 224 g/mol. The van der Waals surface area contributed by atoms with Gasteiger partial charge in [0.15, 0.2) is 5.65 Å². The first-order chi connectivity index (χ1) is 7.16. The van der Waals surface area contributed by atoms with E-state index < -0.39 is 0 Å². The van der Waals surface area contributed by atoms with Crippen LogP contribution in [-0.2, 0) is 6.54 Å². The van der Waals surface area contributed by atoms with Crippen molar-refractivity contribution in [3.05, 3.63) is 23.6 Å². The van der Waals surface area contributed by atoms with Crippen LogP contribution in [0.3, 0.4) is 0 Å². The molecule has 2 rings (SSSR count). The van der Waals surface area contributed by atoms with Gasteiger partial charge in [0.05, 0.1) is 6.33 Å². The Balaban J connectivity index is 2.31. The van der Waals surface area contributed by atoms with Gasteiger partial charge in [0, 0.05) is 13.1 Å². The van der Waals surface area contributed by atoms with E-state index in [4.69, 9.17) is 11.6 Å². The quantitative estimate of drug-likeness (QED) is 0.744. The molecule has 0 aliphatic rings. The molecule has 2 aromatic heterocycles. The third kappa shape index (κ3) is 2.27. The number of rotatable bonds is 3. The highest BCUT2D eigenvalue weighted by molar-refractivity contribution is 6.29. The highest BCUT2D eigenvalue weighted by Gasteiger charge is 2.04. The van der Waals surface area contributed by atoms with E-state index in [0.29, 0.717) is 5.15 Å². The van der Waals surface area contributed by atoms with Crippen molar-refractivity contribution in [1.29, 1.82) is 0 Å². The van der Waals surface area contributed by atoms with E-state index in [1.807, 2.05) is 24.7 Å². The van der Waals surface area contributed by atoms with Crippen LogP contribution >= 0.6 is 11.6 Å². The van der Waals surface area contributed by atoms with E-state index in [2.05, 4.69) is 14.9 Å². The summed E-state index contributed by atoms with van der Waals surface area (Å²) in [6.07, 6.45) is 1.80. The minimum atomic E-state index is 0.508. The molecule has 0 aliphatic heterocycles. The first-order valence-corrected chi connectivity index (χ1v) is 5.17. The van der Waals surface area contributed by atoms with Gasteiger partial charge in [0.1, 0.15) is 10.7 Å². The number of halogens is 1. The lowest BCUT2D eigenvalue weighted by Crippen LogP contribution is -2.18. The van der Waals surface area contributed by atoms with Crippen molar-refractivity contribution >= 4 is 22.8 Å². The second-order valence-corrected chi connectivity index (χ2v) is 4.11. The summed E-state index contributed by atoms with van der Waals surface area (Å²) in [6, 6.07) is 3.64. The molecule has 0 aliphatic carbocycles. The average molecular weight is 225 g/mol. The van der Waals surface area contributed by atoms with Gasteiger partial charge in [-0.05, 0) is 26.2 Å². The van der Waals surface area contributed by atoms with Crippen LogP contribution in [0.2, 0.25) is 5.15 Å². The summed E-state index contributed by atoms with van der Waals surface area (Å²) in [5.74, 6) is 0. The molecule has 80 valence electrons. The normalized spacial score (nSPS) is 11.5. The second kappa shape index (κ2) is 4.16. The molecule has 0 unspecified atom stereocenters. The van der Waals surface area contributed by atoms with Crippen LogP contribution in [-0.4, -0.2) is 40.1 Å². The summed E-state index contributed by atoms with van der Waals surface area (Å²) in [5.41, 5.74) is 1.74. The third-order valence-electron chi connectivity index (χ3n) is 2.22. The molecule has 0 aromatic carbocycles. The summed E-state index contributed by atoms with van der Waals surface area (Å²) in [5, 5.41) is 0.508. The van der Waals surface area contributed by atoms with Crippen LogP contribution in [0, 0.1) is 0 Å². The predicted octanol–water partition coefficient (Wildman–Crippen LogP) is 1.65. The third-order valence-corrected chi connectivity index (χ3v) is 2.43. The summed E-state index contributed by atoms with van der Waals surface area (Å²) in [6.45, 7) is 1.83. The molecule has 0 bridgehead atoms. The maximum atomic E-state index is 5.85. The zero-order chi connectivity index (χ0) is 10.8. The largest absolute Gasteiger partial charge is 0.314 e. The zero-order valence-electron chi connectivity index (χ0n) is 8.81. The predicted molar refractivity (Wildman–Crippen MR) is 61.1 cm³/mol. The lowest BCUT2D eigenvalue weighted by Gasteiger charge is -2.09. The smallest absolute Gasteiger partial charge is 0.161 e. The number of likely N-dealkylation sites (N-methyl/N-ethyl adjacent to an activating group) is 1. The second-order valence-electron chi connectivity index (χ2n) is 3.72. The van der Waals surface area contributed by atoms with E-state index in [0.717, 1.165) is 24.3 Å². The van der Waals surface area contributed by atoms with Crippen molar-refractivity contribution in [1.82, 2.24) is 19.4 Å². The average Bonchev–Trinajstić information content (AvgIpc) is 2.57. The SMILES string of the molecule is CN(C)CCn1cnc2ccc(Cl)nc21. The molecule has 0 fully saturated rings. The zero-order valence-corrected chi connectivity index (χ0v) is 9.57. The van der Waals surface area contributed by atoms with Crippen molar-refractivity contribution in [2.75, 3.05) is 20.6 Å². The molecule has 0 spiro atoms. The van der Waals surface area contributed by atoms with Gasteiger partial charge < -0.3 is 9.47 Å². The van der Waals surface area contributed by atoms with E-state index >= 15 is 0 Å². The molecule has 15 heavy (non-hydrogen) atoms. The van der Waals surface area contributed by atoms with E-state index in [9.17, 15) is 0 Å². The Bertz CT molecular complexity index is 463. The summed E-state index contributed by atoms with van der Waals surface area (Å²) in [7, 11) is 4.08. The van der Waals surface area contributed by atoms with Gasteiger partial charge in [0.25, 0.3) is 0 Å². The maximum absolute atomic E-state index is 5.85. The van der Waals surface area contributed by atoms with Gasteiger partial charge >= 0.3 is 0 Å². The van der Waals surface area contributed by atoms with Crippen molar-refractivity contribution < 1.29 is 0 Å². The Morgan fingerprint density at radius 2 is 2.20 bits per heavy atom. The van der Waals surface area contributed by atoms with Crippen molar-refractivity contribution in [2.24, 2.45) is 0 Å². The van der Waals surface area contributed by atoms with Crippen molar-refractivity contribution in [3.8, 4) is 0 Å². The van der Waals surface area contributed by atoms with Gasteiger partial charge in [-0.25, -0.2) is 9.97 Å². The number of nitrogens with zero attached hydrogens (tertiary/aromatic N) is 4. The fourth-order valence-electron chi connectivity index (χ4n) is 1.39. The molecule has 0 radical (unpaired) electrons. The molecule has 0 saturated heterocycles. The molecule has 2 aromatic rings. The molecule has 0 N–H and O–H groups in total. The molecule has 0 saturated carbocycles. The van der Waals surface area contributed by atoms with Gasteiger partial charge in [-0.2, -0.15) is 0 Å². The summed E-state index contributed by atoms with van der Waals surface area (Å²) >= 11 is 5.85. The Labute approximate surface area is 93.5 Å². The molecule has 5 heteroatoms. The topological polar surface area (TPSA) is 34.0 Å². The van der Waals surface area contributed by atoms with Crippen LogP contribution in [0.4, 0.5) is 0 Å². The summed E-state index contributed by atoms with van der Waals surface area (Å²) < 4.78 is 2.02. The molecule has 2 heterocycles. The molecule has 0 atom stereocenters. The lowest BCUT2D eigenvalue weighted by atomic mass is 10.4. The van der Waals surface area contributed by atoms with Gasteiger partial charge in [-0.15, -0.1) is 0 Å². The number of hydrogen-bond acceptors (Lipinski definition) is 3. The summed E-state index contributed by atoms with van der Waals surface area (Å²) in [4.78, 5) is 10.6. The number of hydrogen-bond donors (Lipinski definition) is 0. The fraction of sp³-hybridized carbons (Fsp3) is 0.400. The van der Waals surface area contributed by atoms with Gasteiger partial charge in [-0.3, -0.25) is 0 Å². The highest BCUT2D eigenvalue weighted by atomic mass is 35.5. The maximum Gasteiger partial charge on any atom is 0.161 e. The van der Waals surface area contributed by atoms with Gasteiger partial charge in [0.2, 0.25) is 0 Å². The minimum absolute atomic E-state index is 0.508. The molecular formula is C10H13ClN4. The molecule has 0 amide bonds. The van der Waals surface area contributed by atoms with E-state index in [1.165, 1.54) is 0 Å². The van der Waals surface area contributed by atoms with Crippen LogP contribution in [0.1, 0.15) is 0 Å². The Morgan fingerprint density at radius 1 is 1.40 bits per heavy atom. The first-order valence-electron chi connectivity index (χ1n) is 4.79. The van der Waals surface area contributed by atoms with Gasteiger partial charge in [-0.1, -0.05) is 11.6 Å². The number of fused-ring (bicyclic) bond motifs is 1. The number of imidazole rings is 1. The van der Waals surface area contributed by atoms with E-state index in [1.54, 1.807) is 12.4 Å². The number of aromatic nitrogens is 3. The number of pyridine rings is 1. The van der Waals surface area contributed by atoms with Crippen LogP contribution in [0.5, 0.6) is 0 Å². The Kier molecular flexibility index (Phi) is 2.88. The minimum Gasteiger partial charge on any atom is -0.314 e. The van der Waals surface area contributed by atoms with Crippen molar-refractivity contribution in [3.63, 3.8) is 0 Å². The Hall–Kier alpha value is -1.13. The van der Waals surface area contributed by atoms with Crippen LogP contribution < -0.4 is 0 Å². The van der Waals surface area contributed by atoms with E-state index in [-0.39, 0.29) is 0 Å². The molecular weight excluding hydrogens is 212 g/mol. The molecule has 4 nitrogen and oxygen atoms in total. The van der Waals surface area contributed by atoms with Crippen LogP contribution in [0.15, 0.2) is 18.5 Å².